The molecular weight excluding hydrogens is 398 g/mol. The third-order valence-electron chi connectivity index (χ3n) is 6.14. The van der Waals surface area contributed by atoms with Crippen molar-refractivity contribution in [2.24, 2.45) is 0 Å². The molecule has 3 heterocycles. The maximum Gasteiger partial charge on any atom is 0.253 e. The van der Waals surface area contributed by atoms with Gasteiger partial charge in [0.1, 0.15) is 0 Å². The number of hydrogen-bond donors (Lipinski definition) is 2. The molecule has 0 amide bonds. The Morgan fingerprint density at radius 3 is 2.53 bits per heavy atom. The molecule has 0 spiro atoms. The van der Waals surface area contributed by atoms with E-state index in [-0.39, 0.29) is 17.8 Å². The molecule has 2 saturated heterocycles. The Hall–Kier alpha value is -1.96. The van der Waals surface area contributed by atoms with Gasteiger partial charge in [-0.25, -0.2) is 0 Å². The second-order valence-electron chi connectivity index (χ2n) is 8.48. The number of aryl methyl sites for hydroxylation is 2. The van der Waals surface area contributed by atoms with E-state index in [0.717, 1.165) is 49.8 Å². The van der Waals surface area contributed by atoms with Crippen molar-refractivity contribution >= 4 is 28.2 Å². The highest BCUT2D eigenvalue weighted by molar-refractivity contribution is 7.80. The smallest absolute Gasteiger partial charge is 0.253 e. The molecule has 4 rings (SSSR count). The van der Waals surface area contributed by atoms with Crippen LogP contribution in [0.4, 0.5) is 0 Å². The van der Waals surface area contributed by atoms with E-state index < -0.39 is 0 Å². The predicted molar refractivity (Wildman–Crippen MR) is 123 cm³/mol. The molecule has 6 nitrogen and oxygen atoms in total. The number of H-pyrrole nitrogens is 1. The van der Waals surface area contributed by atoms with Crippen molar-refractivity contribution in [3.8, 4) is 0 Å². The van der Waals surface area contributed by atoms with Gasteiger partial charge in [0, 0.05) is 37.4 Å². The van der Waals surface area contributed by atoms with E-state index in [4.69, 9.17) is 21.7 Å². The number of ether oxygens (including phenoxy) is 2. The molecule has 7 heteroatoms. The first kappa shape index (κ1) is 21.3. The Kier molecular flexibility index (Phi) is 6.71. The monoisotopic (exact) mass is 429 g/mol. The lowest BCUT2D eigenvalue weighted by Crippen LogP contribution is -2.45. The van der Waals surface area contributed by atoms with Crippen molar-refractivity contribution < 1.29 is 9.47 Å². The zero-order valence-electron chi connectivity index (χ0n) is 17.8. The second kappa shape index (κ2) is 9.45. The summed E-state index contributed by atoms with van der Waals surface area (Å²) < 4.78 is 11.5. The zero-order valence-corrected chi connectivity index (χ0v) is 18.6. The summed E-state index contributed by atoms with van der Waals surface area (Å²) >= 11 is 5.71. The number of nitrogens with zero attached hydrogens (tertiary/aromatic N) is 1. The Labute approximate surface area is 182 Å². The highest BCUT2D eigenvalue weighted by atomic mass is 32.1. The predicted octanol–water partition coefficient (Wildman–Crippen LogP) is 3.18. The molecule has 0 saturated carbocycles. The van der Waals surface area contributed by atoms with E-state index in [2.05, 4.69) is 35.1 Å². The van der Waals surface area contributed by atoms with Crippen LogP contribution in [0.15, 0.2) is 23.0 Å². The molecule has 2 N–H and O–H groups in total. The number of aromatic nitrogens is 1. The van der Waals surface area contributed by atoms with Gasteiger partial charge >= 0.3 is 0 Å². The summed E-state index contributed by atoms with van der Waals surface area (Å²) in [6.45, 7) is 7.61. The zero-order chi connectivity index (χ0) is 21.1. The van der Waals surface area contributed by atoms with Crippen molar-refractivity contribution in [2.45, 2.75) is 58.3 Å². The van der Waals surface area contributed by atoms with Gasteiger partial charge in [-0.05, 0) is 86.5 Å². The Balaban J connectivity index is 1.53. The molecule has 2 fully saturated rings. The number of aromatic amines is 1. The Bertz CT molecular complexity index is 962. The first-order valence-electron chi connectivity index (χ1n) is 10.9. The molecule has 0 unspecified atom stereocenters. The van der Waals surface area contributed by atoms with Crippen molar-refractivity contribution in [3.05, 3.63) is 45.2 Å². The topological polar surface area (TPSA) is 66.6 Å². The molecule has 2 atom stereocenters. The normalized spacial score (nSPS) is 21.3. The lowest BCUT2D eigenvalue weighted by Gasteiger charge is -2.28. The minimum absolute atomic E-state index is 0.0648. The largest absolute Gasteiger partial charge is 0.376 e. The second-order valence-corrected chi connectivity index (χ2v) is 8.87. The molecule has 2 aliphatic rings. The standard InChI is InChI=1S/C23H31N3O3S/c1-15-9-17-11-18(22(27)25-21(17)10-16(15)2)13-26(14-20-6-4-8-29-20)23(30)24-12-19-5-3-7-28-19/h9-11,19-20H,3-8,12-14H2,1-2H3,(H,24,30)(H,25,27)/t19-,20-/m1/s1. The number of fused-ring (bicyclic) bond motifs is 1. The van der Waals surface area contributed by atoms with Gasteiger partial charge in [0.2, 0.25) is 0 Å². The fourth-order valence-corrected chi connectivity index (χ4v) is 4.44. The lowest BCUT2D eigenvalue weighted by molar-refractivity contribution is 0.0885. The number of benzene rings is 1. The summed E-state index contributed by atoms with van der Waals surface area (Å²) in [7, 11) is 0. The molecule has 1 aromatic heterocycles. The van der Waals surface area contributed by atoms with Crippen molar-refractivity contribution in [1.82, 2.24) is 15.2 Å². The van der Waals surface area contributed by atoms with Gasteiger partial charge in [-0.3, -0.25) is 4.79 Å². The number of pyridine rings is 1. The molecule has 30 heavy (non-hydrogen) atoms. The first-order chi connectivity index (χ1) is 14.5. The number of hydrogen-bond acceptors (Lipinski definition) is 4. The minimum Gasteiger partial charge on any atom is -0.376 e. The van der Waals surface area contributed by atoms with Crippen molar-refractivity contribution in [3.63, 3.8) is 0 Å². The quantitative estimate of drug-likeness (QED) is 0.688. The molecule has 2 aliphatic heterocycles. The Morgan fingerprint density at radius 1 is 1.13 bits per heavy atom. The van der Waals surface area contributed by atoms with Gasteiger partial charge in [0.05, 0.1) is 18.8 Å². The minimum atomic E-state index is -0.0648. The molecule has 1 aromatic carbocycles. The van der Waals surface area contributed by atoms with E-state index in [1.807, 2.05) is 12.1 Å². The third-order valence-corrected chi connectivity index (χ3v) is 6.54. The summed E-state index contributed by atoms with van der Waals surface area (Å²) in [5.41, 5.74) is 3.91. The maximum atomic E-state index is 12.8. The van der Waals surface area contributed by atoms with Crippen LogP contribution in [0, 0.1) is 13.8 Å². The third kappa shape index (κ3) is 5.02. The van der Waals surface area contributed by atoms with Gasteiger partial charge < -0.3 is 24.7 Å². The van der Waals surface area contributed by atoms with E-state index in [1.165, 1.54) is 11.1 Å². The number of rotatable bonds is 6. The van der Waals surface area contributed by atoms with Crippen LogP contribution in [0.25, 0.3) is 10.9 Å². The summed E-state index contributed by atoms with van der Waals surface area (Å²) in [4.78, 5) is 17.9. The van der Waals surface area contributed by atoms with Gasteiger partial charge in [-0.2, -0.15) is 0 Å². The molecule has 2 aromatic rings. The average molecular weight is 430 g/mol. The van der Waals surface area contributed by atoms with Crippen molar-refractivity contribution in [2.75, 3.05) is 26.3 Å². The van der Waals surface area contributed by atoms with E-state index in [0.29, 0.717) is 30.3 Å². The fourth-order valence-electron chi connectivity index (χ4n) is 4.22. The van der Waals surface area contributed by atoms with Crippen LogP contribution < -0.4 is 10.9 Å². The molecular formula is C23H31N3O3S. The number of nitrogens with one attached hydrogen (secondary N) is 2. The van der Waals surface area contributed by atoms with Gasteiger partial charge in [-0.1, -0.05) is 0 Å². The van der Waals surface area contributed by atoms with Crippen LogP contribution in [0.5, 0.6) is 0 Å². The van der Waals surface area contributed by atoms with Crippen LogP contribution in [0.2, 0.25) is 0 Å². The molecule has 0 radical (unpaired) electrons. The molecule has 162 valence electrons. The van der Waals surface area contributed by atoms with Gasteiger partial charge in [0.15, 0.2) is 5.11 Å². The van der Waals surface area contributed by atoms with E-state index in [9.17, 15) is 4.79 Å². The van der Waals surface area contributed by atoms with Crippen LogP contribution in [-0.2, 0) is 16.0 Å². The van der Waals surface area contributed by atoms with Gasteiger partial charge in [-0.15, -0.1) is 0 Å². The fraction of sp³-hybridized carbons (Fsp3) is 0.565. The van der Waals surface area contributed by atoms with E-state index in [1.54, 1.807) is 0 Å². The number of thiocarbonyl (C=S) groups is 1. The van der Waals surface area contributed by atoms with Gasteiger partial charge in [0.25, 0.3) is 5.56 Å². The first-order valence-corrected chi connectivity index (χ1v) is 11.3. The van der Waals surface area contributed by atoms with Crippen LogP contribution >= 0.6 is 12.2 Å². The van der Waals surface area contributed by atoms with E-state index >= 15 is 0 Å². The van der Waals surface area contributed by atoms with Crippen LogP contribution in [0.3, 0.4) is 0 Å². The van der Waals surface area contributed by atoms with Crippen molar-refractivity contribution in [1.29, 1.82) is 0 Å². The van der Waals surface area contributed by atoms with Crippen LogP contribution in [-0.4, -0.2) is 53.5 Å². The highest BCUT2D eigenvalue weighted by Gasteiger charge is 2.23. The molecule has 0 bridgehead atoms. The SMILES string of the molecule is Cc1cc2cc(CN(C[C@H]3CCCO3)C(=S)NC[C@H]3CCCO3)c(=O)[nH]c2cc1C. The lowest BCUT2D eigenvalue weighted by atomic mass is 10.0. The summed E-state index contributed by atoms with van der Waals surface area (Å²) in [5.74, 6) is 0. The Morgan fingerprint density at radius 2 is 1.83 bits per heavy atom. The summed E-state index contributed by atoms with van der Waals surface area (Å²) in [6.07, 6.45) is 4.62. The molecule has 0 aliphatic carbocycles. The maximum absolute atomic E-state index is 12.8. The highest BCUT2D eigenvalue weighted by Crippen LogP contribution is 2.19. The van der Waals surface area contributed by atoms with Crippen LogP contribution in [0.1, 0.15) is 42.4 Å². The summed E-state index contributed by atoms with van der Waals surface area (Å²) in [5, 5.41) is 5.05. The average Bonchev–Trinajstić information content (AvgIpc) is 3.42. The summed E-state index contributed by atoms with van der Waals surface area (Å²) in [6, 6.07) is 6.15.